The highest BCUT2D eigenvalue weighted by molar-refractivity contribution is 6.06. The van der Waals surface area contributed by atoms with Crippen LogP contribution in [0.25, 0.3) is 0 Å². The summed E-state index contributed by atoms with van der Waals surface area (Å²) in [6.45, 7) is 16.1. The first-order valence-electron chi connectivity index (χ1n) is 15.0. The minimum atomic E-state index is -0.338. The maximum Gasteiger partial charge on any atom is 0.338 e. The molecular weight excluding hydrogens is 488 g/mol. The number of quaternary nitrogens is 1. The van der Waals surface area contributed by atoms with Crippen LogP contribution in [0.2, 0.25) is 0 Å². The Bertz CT molecular complexity index is 983. The zero-order valence-corrected chi connectivity index (χ0v) is 25.0. The normalized spacial score (nSPS) is 11.4. The fraction of sp³-hybridized carbons (Fsp3) is 0.576. The van der Waals surface area contributed by atoms with E-state index >= 15 is 0 Å². The van der Waals surface area contributed by atoms with Gasteiger partial charge in [-0.2, -0.15) is 0 Å². The average molecular weight is 540 g/mol. The number of likely N-dealkylation sites (N-methyl/N-ethyl adjacent to an activating group) is 1. The largest absolute Gasteiger partial charge is 0.493 e. The standard InChI is InChI=1S/C33H50N2O4/c1-6-9-10-11-12-15-25-38-31-17-14-13-16-30(31)32(36)34-29-20-18-28(19-21-29)33(37)39-26-24-35(7-2,8-3)23-22-27(4)5/h13-14,16-21,27H,6-12,15,22-26H2,1-5H3/p+1. The maximum absolute atomic E-state index is 13.0. The van der Waals surface area contributed by atoms with Crippen LogP contribution in [-0.2, 0) is 4.74 Å². The number of unbranched alkanes of at least 4 members (excludes halogenated alkanes) is 5. The van der Waals surface area contributed by atoms with E-state index in [1.807, 2.05) is 18.2 Å². The first kappa shape index (κ1) is 32.4. The summed E-state index contributed by atoms with van der Waals surface area (Å²) >= 11 is 0. The van der Waals surface area contributed by atoms with Crippen LogP contribution in [0.4, 0.5) is 5.69 Å². The molecule has 0 bridgehead atoms. The molecule has 6 heteroatoms. The van der Waals surface area contributed by atoms with Crippen molar-refractivity contribution >= 4 is 17.6 Å². The van der Waals surface area contributed by atoms with Crippen molar-refractivity contribution in [2.75, 3.05) is 44.7 Å². The molecule has 0 saturated heterocycles. The van der Waals surface area contributed by atoms with Gasteiger partial charge in [0.15, 0.2) is 0 Å². The predicted molar refractivity (Wildman–Crippen MR) is 161 cm³/mol. The van der Waals surface area contributed by atoms with Crippen molar-refractivity contribution in [1.29, 1.82) is 0 Å². The number of nitrogens with one attached hydrogen (secondary N) is 1. The Hall–Kier alpha value is -2.86. The zero-order valence-electron chi connectivity index (χ0n) is 25.0. The molecule has 0 aromatic heterocycles. The molecule has 0 heterocycles. The first-order valence-corrected chi connectivity index (χ1v) is 15.0. The predicted octanol–water partition coefficient (Wildman–Crippen LogP) is 7.74. The Morgan fingerprint density at radius 1 is 0.821 bits per heavy atom. The summed E-state index contributed by atoms with van der Waals surface area (Å²) in [5.74, 6) is 0.674. The van der Waals surface area contributed by atoms with Gasteiger partial charge in [0.25, 0.3) is 5.91 Å². The molecule has 0 aliphatic heterocycles. The number of ether oxygens (including phenoxy) is 2. The van der Waals surface area contributed by atoms with Gasteiger partial charge in [0.1, 0.15) is 18.9 Å². The summed E-state index contributed by atoms with van der Waals surface area (Å²) in [5, 5.41) is 2.92. The molecule has 39 heavy (non-hydrogen) atoms. The van der Waals surface area contributed by atoms with Crippen molar-refractivity contribution in [1.82, 2.24) is 0 Å². The number of hydrogen-bond acceptors (Lipinski definition) is 4. The van der Waals surface area contributed by atoms with Crippen molar-refractivity contribution in [2.24, 2.45) is 5.92 Å². The van der Waals surface area contributed by atoms with Gasteiger partial charge in [-0.1, -0.05) is 65.0 Å². The smallest absolute Gasteiger partial charge is 0.338 e. The number of esters is 1. The molecule has 1 N–H and O–H groups in total. The van der Waals surface area contributed by atoms with Gasteiger partial charge in [0.2, 0.25) is 0 Å². The average Bonchev–Trinajstić information content (AvgIpc) is 2.95. The molecule has 0 unspecified atom stereocenters. The number of hydrogen-bond donors (Lipinski definition) is 1. The Labute approximate surface area is 236 Å². The SMILES string of the molecule is CCCCCCCCOc1ccccc1C(=O)Nc1ccc(C(=O)OCC[N+](CC)(CC)CCC(C)C)cc1. The molecule has 0 aliphatic carbocycles. The van der Waals surface area contributed by atoms with Crippen molar-refractivity contribution in [3.05, 3.63) is 59.7 Å². The number of amides is 1. The molecule has 0 radical (unpaired) electrons. The van der Waals surface area contributed by atoms with E-state index in [1.54, 1.807) is 30.3 Å². The molecule has 2 rings (SSSR count). The first-order chi connectivity index (χ1) is 18.8. The van der Waals surface area contributed by atoms with Gasteiger partial charge in [0, 0.05) is 5.69 Å². The van der Waals surface area contributed by atoms with Crippen LogP contribution >= 0.6 is 0 Å². The lowest BCUT2D eigenvalue weighted by atomic mass is 10.1. The summed E-state index contributed by atoms with van der Waals surface area (Å²) in [6, 6.07) is 14.2. The van der Waals surface area contributed by atoms with Crippen LogP contribution in [0, 0.1) is 5.92 Å². The Balaban J connectivity index is 1.86. The third-order valence-corrected chi connectivity index (χ3v) is 7.59. The van der Waals surface area contributed by atoms with E-state index < -0.39 is 0 Å². The molecule has 1 amide bonds. The van der Waals surface area contributed by atoms with E-state index in [4.69, 9.17) is 9.47 Å². The number of para-hydroxylation sites is 1. The molecule has 2 aromatic carbocycles. The highest BCUT2D eigenvalue weighted by Gasteiger charge is 2.24. The lowest BCUT2D eigenvalue weighted by Gasteiger charge is -2.37. The monoisotopic (exact) mass is 539 g/mol. The molecule has 0 aliphatic rings. The topological polar surface area (TPSA) is 64.6 Å². The number of rotatable bonds is 19. The van der Waals surface area contributed by atoms with Crippen molar-refractivity contribution in [3.8, 4) is 5.75 Å². The van der Waals surface area contributed by atoms with Crippen molar-refractivity contribution in [2.45, 2.75) is 79.6 Å². The lowest BCUT2D eigenvalue weighted by Crippen LogP contribution is -2.50. The van der Waals surface area contributed by atoms with Gasteiger partial charge in [-0.25, -0.2) is 4.79 Å². The van der Waals surface area contributed by atoms with Crippen LogP contribution in [0.3, 0.4) is 0 Å². The number of nitrogens with zero attached hydrogens (tertiary/aromatic N) is 1. The fourth-order valence-corrected chi connectivity index (χ4v) is 4.65. The summed E-state index contributed by atoms with van der Waals surface area (Å²) in [5.41, 5.74) is 1.59. The summed E-state index contributed by atoms with van der Waals surface area (Å²) in [4.78, 5) is 25.6. The van der Waals surface area contributed by atoms with Crippen molar-refractivity contribution < 1.29 is 23.5 Å². The van der Waals surface area contributed by atoms with Crippen LogP contribution in [0.5, 0.6) is 5.75 Å². The van der Waals surface area contributed by atoms with E-state index in [0.717, 1.165) is 43.5 Å². The minimum absolute atomic E-state index is 0.237. The van der Waals surface area contributed by atoms with Gasteiger partial charge < -0.3 is 19.3 Å². The molecule has 0 atom stereocenters. The van der Waals surface area contributed by atoms with Crippen LogP contribution in [-0.4, -0.2) is 55.8 Å². The highest BCUT2D eigenvalue weighted by Crippen LogP contribution is 2.21. The molecule has 216 valence electrons. The number of anilines is 1. The third kappa shape index (κ3) is 11.4. The van der Waals surface area contributed by atoms with E-state index in [-0.39, 0.29) is 11.9 Å². The van der Waals surface area contributed by atoms with Crippen LogP contribution < -0.4 is 10.1 Å². The van der Waals surface area contributed by atoms with E-state index in [2.05, 4.69) is 39.9 Å². The molecule has 6 nitrogen and oxygen atoms in total. The number of carbonyl (C=O) groups excluding carboxylic acids is 2. The second kappa shape index (κ2) is 17.7. The second-order valence-corrected chi connectivity index (χ2v) is 10.9. The van der Waals surface area contributed by atoms with Gasteiger partial charge in [-0.3, -0.25) is 4.79 Å². The van der Waals surface area contributed by atoms with Gasteiger partial charge in [-0.15, -0.1) is 0 Å². The third-order valence-electron chi connectivity index (χ3n) is 7.59. The molecule has 0 fully saturated rings. The lowest BCUT2D eigenvalue weighted by molar-refractivity contribution is -0.925. The second-order valence-electron chi connectivity index (χ2n) is 10.9. The highest BCUT2D eigenvalue weighted by atomic mass is 16.5. The number of carbonyl (C=O) groups is 2. The molecule has 0 spiro atoms. The van der Waals surface area contributed by atoms with E-state index in [0.29, 0.717) is 41.7 Å². The molecule has 2 aromatic rings. The van der Waals surface area contributed by atoms with Gasteiger partial charge in [-0.05, 0) is 69.0 Å². The number of benzene rings is 2. The van der Waals surface area contributed by atoms with Crippen LogP contribution in [0.15, 0.2) is 48.5 Å². The summed E-state index contributed by atoms with van der Waals surface area (Å²) in [7, 11) is 0. The minimum Gasteiger partial charge on any atom is -0.493 e. The Morgan fingerprint density at radius 3 is 2.15 bits per heavy atom. The fourth-order valence-electron chi connectivity index (χ4n) is 4.65. The Morgan fingerprint density at radius 2 is 1.49 bits per heavy atom. The maximum atomic E-state index is 13.0. The summed E-state index contributed by atoms with van der Waals surface area (Å²) in [6.07, 6.45) is 8.29. The van der Waals surface area contributed by atoms with E-state index in [9.17, 15) is 9.59 Å². The Kier molecular flexibility index (Phi) is 14.7. The molecule has 0 saturated carbocycles. The summed E-state index contributed by atoms with van der Waals surface area (Å²) < 4.78 is 12.5. The zero-order chi connectivity index (χ0) is 28.5. The quantitative estimate of drug-likeness (QED) is 0.113. The van der Waals surface area contributed by atoms with E-state index in [1.165, 1.54) is 32.1 Å². The molecular formula is C33H51N2O4+. The van der Waals surface area contributed by atoms with Gasteiger partial charge >= 0.3 is 5.97 Å². The van der Waals surface area contributed by atoms with Crippen molar-refractivity contribution in [3.63, 3.8) is 0 Å². The van der Waals surface area contributed by atoms with Crippen LogP contribution in [0.1, 0.15) is 100 Å². The van der Waals surface area contributed by atoms with Gasteiger partial charge in [0.05, 0.1) is 37.4 Å².